The smallest absolute Gasteiger partial charge is 0.233 e. The van der Waals surface area contributed by atoms with Crippen molar-refractivity contribution in [3.8, 4) is 0 Å². The van der Waals surface area contributed by atoms with Gasteiger partial charge in [-0.1, -0.05) is 39.7 Å². The second kappa shape index (κ2) is 5.19. The number of alkyl halides is 1. The number of hydrogen-bond donors (Lipinski definition) is 0. The second-order valence-electron chi connectivity index (χ2n) is 3.93. The Labute approximate surface area is 109 Å². The van der Waals surface area contributed by atoms with Crippen molar-refractivity contribution in [2.75, 3.05) is 11.9 Å². The molecule has 1 aliphatic heterocycles. The van der Waals surface area contributed by atoms with Crippen LogP contribution in [-0.2, 0) is 4.79 Å². The van der Waals surface area contributed by atoms with Crippen molar-refractivity contribution in [1.82, 2.24) is 4.90 Å². The molecule has 1 saturated heterocycles. The van der Waals surface area contributed by atoms with E-state index in [0.29, 0.717) is 5.33 Å². The number of carbonyl (C=O) groups excluding carboxylic acids is 1. The lowest BCUT2D eigenvalue weighted by Gasteiger charge is -2.24. The Balaban J connectivity index is 2.23. The van der Waals surface area contributed by atoms with Crippen molar-refractivity contribution < 1.29 is 4.79 Å². The van der Waals surface area contributed by atoms with Crippen LogP contribution in [0.4, 0.5) is 0 Å². The predicted octanol–water partition coefficient (Wildman–Crippen LogP) is 3.40. The molecular weight excluding hydrogens is 289 g/mol. The highest BCUT2D eigenvalue weighted by Crippen LogP contribution is 2.33. The minimum Gasteiger partial charge on any atom is -0.335 e. The molecular formula is C12H13BrClNO. The van der Waals surface area contributed by atoms with Gasteiger partial charge in [-0.3, -0.25) is 4.79 Å². The summed E-state index contributed by atoms with van der Waals surface area (Å²) in [6, 6.07) is 7.98. The maximum Gasteiger partial charge on any atom is 0.233 e. The summed E-state index contributed by atoms with van der Waals surface area (Å²) < 4.78 is 0. The van der Waals surface area contributed by atoms with Gasteiger partial charge in [-0.25, -0.2) is 0 Å². The standard InChI is InChI=1S/C12H13BrClNO/c13-8-12(16)15-6-2-5-11(15)9-3-1-4-10(14)7-9/h1,3-4,7,11H,2,5-6,8H2. The summed E-state index contributed by atoms with van der Waals surface area (Å²) in [5.41, 5.74) is 1.14. The van der Waals surface area contributed by atoms with Gasteiger partial charge in [0.05, 0.1) is 11.4 Å². The molecule has 1 amide bonds. The van der Waals surface area contributed by atoms with Gasteiger partial charge in [0, 0.05) is 11.6 Å². The van der Waals surface area contributed by atoms with Crippen molar-refractivity contribution in [2.24, 2.45) is 0 Å². The molecule has 1 heterocycles. The number of halogens is 2. The summed E-state index contributed by atoms with van der Waals surface area (Å²) in [5.74, 6) is 0.155. The first-order valence-corrected chi connectivity index (χ1v) is 6.83. The van der Waals surface area contributed by atoms with Crippen LogP contribution in [0.25, 0.3) is 0 Å². The van der Waals surface area contributed by atoms with Gasteiger partial charge in [0.2, 0.25) is 5.91 Å². The second-order valence-corrected chi connectivity index (χ2v) is 4.93. The normalized spacial score (nSPS) is 20.1. The van der Waals surface area contributed by atoms with Gasteiger partial charge in [-0.15, -0.1) is 0 Å². The van der Waals surface area contributed by atoms with Crippen LogP contribution >= 0.6 is 27.5 Å². The number of amides is 1. The van der Waals surface area contributed by atoms with Crippen LogP contribution in [0.15, 0.2) is 24.3 Å². The zero-order valence-corrected chi connectivity index (χ0v) is 11.2. The molecule has 2 rings (SSSR count). The first-order chi connectivity index (χ1) is 7.72. The van der Waals surface area contributed by atoms with Crippen LogP contribution in [0.1, 0.15) is 24.4 Å². The van der Waals surface area contributed by atoms with Crippen molar-refractivity contribution >= 4 is 33.4 Å². The Morgan fingerprint density at radius 2 is 2.38 bits per heavy atom. The van der Waals surface area contributed by atoms with Gasteiger partial charge in [-0.2, -0.15) is 0 Å². The first-order valence-electron chi connectivity index (χ1n) is 5.33. The number of likely N-dealkylation sites (tertiary alicyclic amines) is 1. The number of benzene rings is 1. The van der Waals surface area contributed by atoms with Gasteiger partial charge >= 0.3 is 0 Å². The number of carbonyl (C=O) groups is 1. The van der Waals surface area contributed by atoms with Gasteiger partial charge in [0.25, 0.3) is 0 Å². The van der Waals surface area contributed by atoms with E-state index in [1.54, 1.807) is 0 Å². The minimum absolute atomic E-state index is 0.155. The molecule has 1 aromatic carbocycles. The molecule has 1 fully saturated rings. The predicted molar refractivity (Wildman–Crippen MR) is 68.9 cm³/mol. The van der Waals surface area contributed by atoms with Crippen LogP contribution in [0.3, 0.4) is 0 Å². The molecule has 0 bridgehead atoms. The summed E-state index contributed by atoms with van der Waals surface area (Å²) in [6.07, 6.45) is 2.09. The fourth-order valence-corrected chi connectivity index (χ4v) is 2.72. The highest BCUT2D eigenvalue weighted by molar-refractivity contribution is 9.09. The average molecular weight is 303 g/mol. The zero-order valence-electron chi connectivity index (χ0n) is 8.83. The Kier molecular flexibility index (Phi) is 3.87. The van der Waals surface area contributed by atoms with E-state index in [0.717, 1.165) is 30.0 Å². The molecule has 86 valence electrons. The maximum absolute atomic E-state index is 11.7. The lowest BCUT2D eigenvalue weighted by atomic mass is 10.0. The number of hydrogen-bond acceptors (Lipinski definition) is 1. The Morgan fingerprint density at radius 1 is 1.56 bits per heavy atom. The quantitative estimate of drug-likeness (QED) is 0.767. The van der Waals surface area contributed by atoms with E-state index in [4.69, 9.17) is 11.6 Å². The van der Waals surface area contributed by atoms with Gasteiger partial charge in [0.15, 0.2) is 0 Å². The summed E-state index contributed by atoms with van der Waals surface area (Å²) in [7, 11) is 0. The highest BCUT2D eigenvalue weighted by Gasteiger charge is 2.29. The molecule has 4 heteroatoms. The fraction of sp³-hybridized carbons (Fsp3) is 0.417. The molecule has 0 spiro atoms. The van der Waals surface area contributed by atoms with Crippen LogP contribution in [0.2, 0.25) is 5.02 Å². The van der Waals surface area contributed by atoms with E-state index >= 15 is 0 Å². The molecule has 0 aromatic heterocycles. The van der Waals surface area contributed by atoms with Crippen molar-refractivity contribution in [2.45, 2.75) is 18.9 Å². The van der Waals surface area contributed by atoms with Gasteiger partial charge < -0.3 is 4.90 Å². The SMILES string of the molecule is O=C(CBr)N1CCCC1c1cccc(Cl)c1. The van der Waals surface area contributed by atoms with Crippen LogP contribution in [0, 0.1) is 0 Å². The molecule has 1 aliphatic rings. The van der Waals surface area contributed by atoms with Gasteiger partial charge in [-0.05, 0) is 30.5 Å². The Morgan fingerprint density at radius 3 is 3.06 bits per heavy atom. The number of nitrogens with zero attached hydrogens (tertiary/aromatic N) is 1. The van der Waals surface area contributed by atoms with E-state index in [-0.39, 0.29) is 11.9 Å². The monoisotopic (exact) mass is 301 g/mol. The average Bonchev–Trinajstić information content (AvgIpc) is 2.77. The minimum atomic E-state index is 0.155. The van der Waals surface area contributed by atoms with Crippen LogP contribution < -0.4 is 0 Å². The Hall–Kier alpha value is -0.540. The molecule has 2 nitrogen and oxygen atoms in total. The summed E-state index contributed by atoms with van der Waals surface area (Å²) in [4.78, 5) is 13.7. The molecule has 16 heavy (non-hydrogen) atoms. The van der Waals surface area contributed by atoms with Crippen LogP contribution in [0.5, 0.6) is 0 Å². The summed E-state index contributed by atoms with van der Waals surface area (Å²) in [6.45, 7) is 0.849. The molecule has 1 aromatic rings. The van der Waals surface area contributed by atoms with Crippen LogP contribution in [-0.4, -0.2) is 22.7 Å². The van der Waals surface area contributed by atoms with E-state index in [9.17, 15) is 4.79 Å². The Bertz CT molecular complexity index is 396. The molecule has 0 radical (unpaired) electrons. The number of rotatable bonds is 2. The van der Waals surface area contributed by atoms with E-state index in [1.807, 2.05) is 29.2 Å². The lowest BCUT2D eigenvalue weighted by Crippen LogP contribution is -2.31. The van der Waals surface area contributed by atoms with E-state index in [1.165, 1.54) is 0 Å². The maximum atomic E-state index is 11.7. The third kappa shape index (κ3) is 2.41. The summed E-state index contributed by atoms with van der Waals surface area (Å²) in [5, 5.41) is 1.12. The highest BCUT2D eigenvalue weighted by atomic mass is 79.9. The van der Waals surface area contributed by atoms with Crippen molar-refractivity contribution in [1.29, 1.82) is 0 Å². The van der Waals surface area contributed by atoms with Crippen molar-refractivity contribution in [3.63, 3.8) is 0 Å². The third-order valence-electron chi connectivity index (χ3n) is 2.92. The lowest BCUT2D eigenvalue weighted by molar-refractivity contribution is -0.129. The molecule has 0 saturated carbocycles. The van der Waals surface area contributed by atoms with E-state index < -0.39 is 0 Å². The first kappa shape index (κ1) is 11.9. The molecule has 0 aliphatic carbocycles. The molecule has 0 N–H and O–H groups in total. The van der Waals surface area contributed by atoms with Crippen molar-refractivity contribution in [3.05, 3.63) is 34.9 Å². The molecule has 1 atom stereocenters. The topological polar surface area (TPSA) is 20.3 Å². The third-order valence-corrected chi connectivity index (χ3v) is 3.64. The molecule has 1 unspecified atom stereocenters. The van der Waals surface area contributed by atoms with E-state index in [2.05, 4.69) is 15.9 Å². The fourth-order valence-electron chi connectivity index (χ4n) is 2.20. The largest absolute Gasteiger partial charge is 0.335 e. The zero-order chi connectivity index (χ0) is 11.5. The van der Waals surface area contributed by atoms with Gasteiger partial charge in [0.1, 0.15) is 0 Å². The summed E-state index contributed by atoms with van der Waals surface area (Å²) >= 11 is 9.19.